The summed E-state index contributed by atoms with van der Waals surface area (Å²) in [5, 5.41) is 6.27. The Morgan fingerprint density at radius 3 is 2.60 bits per heavy atom. The molecule has 3 aromatic heterocycles. The summed E-state index contributed by atoms with van der Waals surface area (Å²) in [6.45, 7) is 6.14. The molecule has 0 atom stereocenters. The van der Waals surface area contributed by atoms with Crippen LogP contribution in [0.25, 0.3) is 27.1 Å². The smallest absolute Gasteiger partial charge is 0.355 e. The number of rotatable bonds is 6. The van der Waals surface area contributed by atoms with E-state index in [2.05, 4.69) is 17.4 Å². The molecule has 0 saturated carbocycles. The van der Waals surface area contributed by atoms with E-state index in [4.69, 9.17) is 19.4 Å². The normalized spacial score (nSPS) is 11.7. The van der Waals surface area contributed by atoms with Gasteiger partial charge in [0.05, 0.1) is 17.3 Å². The second-order valence-electron chi connectivity index (χ2n) is 9.10. The minimum atomic E-state index is -0.629. The second-order valence-corrected chi connectivity index (χ2v) is 10.1. The van der Waals surface area contributed by atoms with Crippen LogP contribution < -0.4 is 10.1 Å². The number of fused-ring (bicyclic) bond motifs is 2. The Kier molecular flexibility index (Phi) is 5.90. The standard InChI is InChI=1S/C27H26N4O3S/c1-27(2,3)34-25(32)20-15-22-19(13-14-35-22)31(20)26-29-23-18(11-8-12-21(23)33-4)24(30-26)28-16-17-9-6-5-7-10-17/h5-15H,16H2,1-4H3,(H,28,29,30). The summed E-state index contributed by atoms with van der Waals surface area (Å²) in [5.41, 5.74) is 2.38. The van der Waals surface area contributed by atoms with Gasteiger partial charge in [-0.2, -0.15) is 4.98 Å². The first-order valence-electron chi connectivity index (χ1n) is 11.3. The van der Waals surface area contributed by atoms with Gasteiger partial charge in [-0.25, -0.2) is 9.78 Å². The number of nitrogens with zero attached hydrogens (tertiary/aromatic N) is 3. The Labute approximate surface area is 207 Å². The number of esters is 1. The molecule has 7 nitrogen and oxygen atoms in total. The van der Waals surface area contributed by atoms with Crippen molar-refractivity contribution in [2.45, 2.75) is 32.9 Å². The lowest BCUT2D eigenvalue weighted by molar-refractivity contribution is 0.00607. The highest BCUT2D eigenvalue weighted by Crippen LogP contribution is 2.33. The molecule has 0 spiro atoms. The number of carbonyl (C=O) groups excluding carboxylic acids is 1. The number of hydrogen-bond donors (Lipinski definition) is 1. The van der Waals surface area contributed by atoms with E-state index >= 15 is 0 Å². The summed E-state index contributed by atoms with van der Waals surface area (Å²) < 4.78 is 14.0. The van der Waals surface area contributed by atoms with Crippen LogP contribution in [-0.4, -0.2) is 33.2 Å². The molecule has 3 heterocycles. The quantitative estimate of drug-likeness (QED) is 0.288. The third kappa shape index (κ3) is 4.57. The molecule has 1 N–H and O–H groups in total. The van der Waals surface area contributed by atoms with Crippen LogP contribution in [0.3, 0.4) is 0 Å². The van der Waals surface area contributed by atoms with Gasteiger partial charge in [-0.05, 0) is 56.0 Å². The van der Waals surface area contributed by atoms with Crippen LogP contribution in [0.2, 0.25) is 0 Å². The van der Waals surface area contributed by atoms with Crippen molar-refractivity contribution >= 4 is 44.2 Å². The fourth-order valence-electron chi connectivity index (χ4n) is 3.92. The van der Waals surface area contributed by atoms with Crippen LogP contribution in [0.15, 0.2) is 66.0 Å². The molecule has 0 unspecified atom stereocenters. The Bertz CT molecular complexity index is 1520. The van der Waals surface area contributed by atoms with Gasteiger partial charge in [0.25, 0.3) is 0 Å². The summed E-state index contributed by atoms with van der Waals surface area (Å²) in [5.74, 6) is 1.22. The monoisotopic (exact) mass is 486 g/mol. The summed E-state index contributed by atoms with van der Waals surface area (Å²) in [7, 11) is 1.62. The number of ether oxygens (including phenoxy) is 2. The topological polar surface area (TPSA) is 78.3 Å². The predicted molar refractivity (Wildman–Crippen MR) is 140 cm³/mol. The van der Waals surface area contributed by atoms with Crippen molar-refractivity contribution in [1.29, 1.82) is 0 Å². The van der Waals surface area contributed by atoms with Crippen LogP contribution in [0, 0.1) is 0 Å². The van der Waals surface area contributed by atoms with E-state index in [9.17, 15) is 4.79 Å². The second kappa shape index (κ2) is 9.03. The van der Waals surface area contributed by atoms with Crippen LogP contribution in [0.4, 0.5) is 5.82 Å². The van der Waals surface area contributed by atoms with Crippen LogP contribution in [-0.2, 0) is 11.3 Å². The molecule has 0 amide bonds. The maximum absolute atomic E-state index is 13.2. The molecular weight excluding hydrogens is 460 g/mol. The molecule has 35 heavy (non-hydrogen) atoms. The van der Waals surface area contributed by atoms with Crippen molar-refractivity contribution in [3.63, 3.8) is 0 Å². The van der Waals surface area contributed by atoms with E-state index in [0.717, 1.165) is 21.2 Å². The van der Waals surface area contributed by atoms with Crippen molar-refractivity contribution in [2.75, 3.05) is 12.4 Å². The number of benzene rings is 2. The zero-order valence-corrected chi connectivity index (χ0v) is 20.8. The molecule has 0 aliphatic carbocycles. The van der Waals surface area contributed by atoms with Gasteiger partial charge >= 0.3 is 5.97 Å². The van der Waals surface area contributed by atoms with Crippen molar-refractivity contribution in [3.8, 4) is 11.7 Å². The fraction of sp³-hybridized carbons (Fsp3) is 0.222. The molecule has 178 valence electrons. The lowest BCUT2D eigenvalue weighted by atomic mass is 10.2. The molecule has 5 aromatic rings. The SMILES string of the molecule is COc1cccc2c(NCc3ccccc3)nc(-n3c(C(=O)OC(C)(C)C)cc4sccc43)nc12. The fourth-order valence-corrected chi connectivity index (χ4v) is 4.72. The zero-order chi connectivity index (χ0) is 24.6. The highest BCUT2D eigenvalue weighted by molar-refractivity contribution is 7.17. The third-order valence-electron chi connectivity index (χ3n) is 5.43. The van der Waals surface area contributed by atoms with Gasteiger partial charge in [0.15, 0.2) is 0 Å². The number of hydrogen-bond acceptors (Lipinski definition) is 7. The number of thiophene rings is 1. The first-order valence-corrected chi connectivity index (χ1v) is 12.2. The molecule has 0 aliphatic heterocycles. The van der Waals surface area contributed by atoms with E-state index < -0.39 is 11.6 Å². The minimum absolute atomic E-state index is 0.367. The number of carbonyl (C=O) groups is 1. The van der Waals surface area contributed by atoms with Gasteiger partial charge in [0, 0.05) is 11.9 Å². The third-order valence-corrected chi connectivity index (χ3v) is 6.28. The molecule has 5 rings (SSSR count). The van der Waals surface area contributed by atoms with Crippen molar-refractivity contribution in [2.24, 2.45) is 0 Å². The number of aromatic nitrogens is 3. The van der Waals surface area contributed by atoms with E-state index in [1.54, 1.807) is 23.0 Å². The highest BCUT2D eigenvalue weighted by Gasteiger charge is 2.25. The average molecular weight is 487 g/mol. The number of nitrogens with one attached hydrogen (secondary N) is 1. The summed E-state index contributed by atoms with van der Waals surface area (Å²) >= 11 is 1.55. The molecule has 8 heteroatoms. The highest BCUT2D eigenvalue weighted by atomic mass is 32.1. The van der Waals surface area contributed by atoms with Gasteiger partial charge < -0.3 is 14.8 Å². The number of methoxy groups -OCH3 is 1. The Morgan fingerprint density at radius 1 is 1.06 bits per heavy atom. The molecule has 0 saturated heterocycles. The Morgan fingerprint density at radius 2 is 1.86 bits per heavy atom. The van der Waals surface area contributed by atoms with Gasteiger partial charge in [0.2, 0.25) is 5.95 Å². The minimum Gasteiger partial charge on any atom is -0.494 e. The van der Waals surface area contributed by atoms with Gasteiger partial charge in [-0.15, -0.1) is 11.3 Å². The molecule has 0 radical (unpaired) electrons. The molecular formula is C27H26N4O3S. The summed E-state index contributed by atoms with van der Waals surface area (Å²) in [6, 6.07) is 19.6. The van der Waals surface area contributed by atoms with Crippen molar-refractivity contribution < 1.29 is 14.3 Å². The lowest BCUT2D eigenvalue weighted by Crippen LogP contribution is -2.25. The molecule has 0 aliphatic rings. The molecule has 0 bridgehead atoms. The lowest BCUT2D eigenvalue weighted by Gasteiger charge is -2.20. The maximum atomic E-state index is 13.2. The zero-order valence-electron chi connectivity index (χ0n) is 20.0. The van der Waals surface area contributed by atoms with Crippen molar-refractivity contribution in [1.82, 2.24) is 14.5 Å². The number of para-hydroxylation sites is 1. The number of anilines is 1. The molecule has 2 aromatic carbocycles. The first-order chi connectivity index (χ1) is 16.8. The van der Waals surface area contributed by atoms with Crippen LogP contribution in [0.5, 0.6) is 5.75 Å². The predicted octanol–water partition coefficient (Wildman–Crippen LogP) is 6.21. The van der Waals surface area contributed by atoms with E-state index in [1.807, 2.05) is 74.7 Å². The Hall–Kier alpha value is -3.91. The average Bonchev–Trinajstić information content (AvgIpc) is 3.43. The summed E-state index contributed by atoms with van der Waals surface area (Å²) in [4.78, 5) is 22.9. The van der Waals surface area contributed by atoms with Crippen LogP contribution in [0.1, 0.15) is 36.8 Å². The molecule has 0 fully saturated rings. The Balaban J connectivity index is 1.69. The van der Waals surface area contributed by atoms with Gasteiger partial charge in [-0.1, -0.05) is 36.4 Å². The van der Waals surface area contributed by atoms with E-state index in [-0.39, 0.29) is 0 Å². The van der Waals surface area contributed by atoms with Crippen molar-refractivity contribution in [3.05, 3.63) is 77.3 Å². The van der Waals surface area contributed by atoms with E-state index in [0.29, 0.717) is 35.3 Å². The summed E-state index contributed by atoms with van der Waals surface area (Å²) in [6.07, 6.45) is 0. The van der Waals surface area contributed by atoms with Gasteiger partial charge in [0.1, 0.15) is 28.4 Å². The largest absolute Gasteiger partial charge is 0.494 e. The van der Waals surface area contributed by atoms with E-state index in [1.165, 1.54) is 0 Å². The first kappa shape index (κ1) is 22.9. The van der Waals surface area contributed by atoms with Crippen LogP contribution >= 0.6 is 11.3 Å². The maximum Gasteiger partial charge on any atom is 0.355 e. The van der Waals surface area contributed by atoms with Gasteiger partial charge in [-0.3, -0.25) is 4.57 Å².